The first kappa shape index (κ1) is 18.4. The monoisotopic (exact) mass is 398 g/mol. The zero-order chi connectivity index (χ0) is 20.5. The number of aromatic nitrogens is 5. The molecule has 150 valence electrons. The molecule has 1 aliphatic rings. The Morgan fingerprint density at radius 3 is 2.80 bits per heavy atom. The molecular formula is C23H22N6O. The van der Waals surface area contributed by atoms with E-state index in [1.807, 2.05) is 65.3 Å². The van der Waals surface area contributed by atoms with Crippen molar-refractivity contribution in [2.24, 2.45) is 13.0 Å². The summed E-state index contributed by atoms with van der Waals surface area (Å²) in [5.41, 5.74) is 3.06. The number of para-hydroxylation sites is 1. The van der Waals surface area contributed by atoms with E-state index >= 15 is 0 Å². The fraction of sp³-hybridized carbons (Fsp3) is 0.261. The first-order valence-electron chi connectivity index (χ1n) is 10.1. The number of carbonyl (C=O) groups is 1. The third-order valence-corrected chi connectivity index (χ3v) is 5.64. The van der Waals surface area contributed by atoms with Crippen LogP contribution in [-0.2, 0) is 13.5 Å². The van der Waals surface area contributed by atoms with Crippen LogP contribution in [0.5, 0.6) is 0 Å². The number of fused-ring (bicyclic) bond motifs is 1. The number of hydrogen-bond donors (Lipinski definition) is 0. The Labute approximate surface area is 174 Å². The van der Waals surface area contributed by atoms with E-state index in [0.29, 0.717) is 11.6 Å². The van der Waals surface area contributed by atoms with Gasteiger partial charge >= 0.3 is 0 Å². The number of likely N-dealkylation sites (tertiary alicyclic amines) is 1. The SMILES string of the molecule is Cn1ccnc1-c1cnc(C[C@@H]2CCN(C(=O)c3ccc4ccccc4n3)C2)cn1. The fourth-order valence-corrected chi connectivity index (χ4v) is 4.01. The molecule has 0 aliphatic carbocycles. The fourth-order valence-electron chi connectivity index (χ4n) is 4.01. The molecule has 0 radical (unpaired) electrons. The molecule has 0 unspecified atom stereocenters. The highest BCUT2D eigenvalue weighted by Gasteiger charge is 2.28. The van der Waals surface area contributed by atoms with Gasteiger partial charge in [0.05, 0.1) is 17.4 Å². The quantitative estimate of drug-likeness (QED) is 0.528. The number of carbonyl (C=O) groups excluding carboxylic acids is 1. The van der Waals surface area contributed by atoms with Gasteiger partial charge in [0.2, 0.25) is 0 Å². The Morgan fingerprint density at radius 1 is 1.10 bits per heavy atom. The van der Waals surface area contributed by atoms with Crippen molar-refractivity contribution in [2.45, 2.75) is 12.8 Å². The average Bonchev–Trinajstić information content (AvgIpc) is 3.42. The smallest absolute Gasteiger partial charge is 0.272 e. The number of benzene rings is 1. The van der Waals surface area contributed by atoms with Crippen LogP contribution in [0.15, 0.2) is 61.2 Å². The second-order valence-electron chi connectivity index (χ2n) is 7.75. The lowest BCUT2D eigenvalue weighted by molar-refractivity contribution is 0.0781. The van der Waals surface area contributed by atoms with E-state index in [1.54, 1.807) is 12.4 Å². The molecule has 0 saturated carbocycles. The molecule has 1 atom stereocenters. The summed E-state index contributed by atoms with van der Waals surface area (Å²) < 4.78 is 1.92. The van der Waals surface area contributed by atoms with Crippen LogP contribution in [0.4, 0.5) is 0 Å². The Hall–Kier alpha value is -3.61. The minimum atomic E-state index is -0.000493. The number of pyridine rings is 1. The minimum Gasteiger partial charge on any atom is -0.337 e. The molecular weight excluding hydrogens is 376 g/mol. The van der Waals surface area contributed by atoms with Gasteiger partial charge in [-0.1, -0.05) is 24.3 Å². The number of imidazole rings is 1. The maximum Gasteiger partial charge on any atom is 0.272 e. The van der Waals surface area contributed by atoms with Gasteiger partial charge in [-0.2, -0.15) is 0 Å². The van der Waals surface area contributed by atoms with Gasteiger partial charge in [-0.15, -0.1) is 0 Å². The Bertz CT molecular complexity index is 1200. The molecule has 1 aliphatic heterocycles. The van der Waals surface area contributed by atoms with Crippen molar-refractivity contribution in [1.29, 1.82) is 0 Å². The molecule has 4 aromatic rings. The van der Waals surface area contributed by atoms with Gasteiger partial charge in [0, 0.05) is 44.1 Å². The van der Waals surface area contributed by atoms with E-state index in [0.717, 1.165) is 54.0 Å². The standard InChI is InChI=1S/C23H22N6O/c1-28-11-9-24-22(28)21-14-25-18(13-26-21)12-16-8-10-29(15-16)23(30)20-7-6-17-4-2-3-5-19(17)27-20/h2-7,9,11,13-14,16H,8,10,12,15H2,1H3/t16-/m0/s1. The zero-order valence-corrected chi connectivity index (χ0v) is 16.8. The molecule has 1 amide bonds. The molecule has 30 heavy (non-hydrogen) atoms. The number of amides is 1. The molecule has 7 heteroatoms. The van der Waals surface area contributed by atoms with Gasteiger partial charge in [0.15, 0.2) is 5.82 Å². The summed E-state index contributed by atoms with van der Waals surface area (Å²) in [5, 5.41) is 1.04. The second-order valence-corrected chi connectivity index (χ2v) is 7.75. The van der Waals surface area contributed by atoms with Crippen LogP contribution in [0.2, 0.25) is 0 Å². The predicted molar refractivity (Wildman–Crippen MR) is 114 cm³/mol. The Balaban J connectivity index is 1.24. The van der Waals surface area contributed by atoms with Crippen LogP contribution in [-0.4, -0.2) is 48.4 Å². The van der Waals surface area contributed by atoms with Gasteiger partial charge < -0.3 is 9.47 Å². The Kier molecular flexibility index (Phi) is 4.71. The normalized spacial score (nSPS) is 16.3. The second kappa shape index (κ2) is 7.67. The first-order chi connectivity index (χ1) is 14.7. The maximum absolute atomic E-state index is 12.9. The minimum absolute atomic E-state index is 0.000493. The van der Waals surface area contributed by atoms with Gasteiger partial charge in [0.1, 0.15) is 11.4 Å². The average molecular weight is 398 g/mol. The lowest BCUT2D eigenvalue weighted by Gasteiger charge is -2.16. The summed E-state index contributed by atoms with van der Waals surface area (Å²) in [4.78, 5) is 32.8. The van der Waals surface area contributed by atoms with Crippen LogP contribution in [0, 0.1) is 5.92 Å². The van der Waals surface area contributed by atoms with Crippen LogP contribution >= 0.6 is 0 Å². The molecule has 0 spiro atoms. The number of rotatable bonds is 4. The van der Waals surface area contributed by atoms with Gasteiger partial charge in [0.25, 0.3) is 5.91 Å². The van der Waals surface area contributed by atoms with Crippen molar-refractivity contribution in [1.82, 2.24) is 29.4 Å². The molecule has 7 nitrogen and oxygen atoms in total. The van der Waals surface area contributed by atoms with Crippen molar-refractivity contribution in [2.75, 3.05) is 13.1 Å². The van der Waals surface area contributed by atoms with Gasteiger partial charge in [-0.3, -0.25) is 9.78 Å². The molecule has 3 aromatic heterocycles. The summed E-state index contributed by atoms with van der Waals surface area (Å²) >= 11 is 0. The molecule has 1 saturated heterocycles. The predicted octanol–water partition coefficient (Wildman–Crippen LogP) is 3.13. The molecule has 1 aromatic carbocycles. The highest BCUT2D eigenvalue weighted by atomic mass is 16.2. The molecule has 4 heterocycles. The van der Waals surface area contributed by atoms with E-state index in [-0.39, 0.29) is 5.91 Å². The highest BCUT2D eigenvalue weighted by molar-refractivity contribution is 5.95. The third-order valence-electron chi connectivity index (χ3n) is 5.64. The van der Waals surface area contributed by atoms with Crippen molar-refractivity contribution in [3.63, 3.8) is 0 Å². The lowest BCUT2D eigenvalue weighted by Crippen LogP contribution is -2.29. The van der Waals surface area contributed by atoms with Gasteiger partial charge in [-0.25, -0.2) is 15.0 Å². The highest BCUT2D eigenvalue weighted by Crippen LogP contribution is 2.23. The van der Waals surface area contributed by atoms with Crippen molar-refractivity contribution >= 4 is 16.8 Å². The summed E-state index contributed by atoms with van der Waals surface area (Å²) in [5.74, 6) is 1.18. The topological polar surface area (TPSA) is 76.8 Å². The Morgan fingerprint density at radius 2 is 2.00 bits per heavy atom. The summed E-state index contributed by atoms with van der Waals surface area (Å²) in [7, 11) is 1.94. The number of aryl methyl sites for hydroxylation is 1. The maximum atomic E-state index is 12.9. The van der Waals surface area contributed by atoms with Crippen LogP contribution in [0.25, 0.3) is 22.4 Å². The van der Waals surface area contributed by atoms with E-state index in [2.05, 4.69) is 19.9 Å². The number of hydrogen-bond acceptors (Lipinski definition) is 5. The van der Waals surface area contributed by atoms with Crippen LogP contribution < -0.4 is 0 Å². The summed E-state index contributed by atoms with van der Waals surface area (Å²) in [6, 6.07) is 11.6. The van der Waals surface area contributed by atoms with E-state index in [9.17, 15) is 4.79 Å². The lowest BCUT2D eigenvalue weighted by atomic mass is 10.0. The van der Waals surface area contributed by atoms with Crippen LogP contribution in [0.1, 0.15) is 22.6 Å². The summed E-state index contributed by atoms with van der Waals surface area (Å²) in [6.07, 6.45) is 9.00. The van der Waals surface area contributed by atoms with Crippen molar-refractivity contribution in [3.8, 4) is 11.5 Å². The molecule has 5 rings (SSSR count). The molecule has 0 N–H and O–H groups in total. The van der Waals surface area contributed by atoms with Crippen molar-refractivity contribution < 1.29 is 4.79 Å². The molecule has 0 bridgehead atoms. The number of nitrogens with zero attached hydrogens (tertiary/aromatic N) is 6. The van der Waals surface area contributed by atoms with Crippen LogP contribution in [0.3, 0.4) is 0 Å². The van der Waals surface area contributed by atoms with E-state index in [1.165, 1.54) is 0 Å². The van der Waals surface area contributed by atoms with E-state index in [4.69, 9.17) is 0 Å². The molecule has 1 fully saturated rings. The summed E-state index contributed by atoms with van der Waals surface area (Å²) in [6.45, 7) is 1.47. The van der Waals surface area contributed by atoms with Crippen molar-refractivity contribution in [3.05, 3.63) is 72.6 Å². The first-order valence-corrected chi connectivity index (χ1v) is 10.1. The zero-order valence-electron chi connectivity index (χ0n) is 16.8. The third kappa shape index (κ3) is 3.54. The largest absolute Gasteiger partial charge is 0.337 e. The van der Waals surface area contributed by atoms with E-state index < -0.39 is 0 Å². The van der Waals surface area contributed by atoms with Gasteiger partial charge in [-0.05, 0) is 30.9 Å².